The minimum absolute atomic E-state index is 0.0623. The van der Waals surface area contributed by atoms with Gasteiger partial charge in [-0.3, -0.25) is 4.79 Å². The predicted molar refractivity (Wildman–Crippen MR) is 94.6 cm³/mol. The van der Waals surface area contributed by atoms with Crippen LogP contribution in [0.3, 0.4) is 0 Å². The molecule has 1 atom stereocenters. The van der Waals surface area contributed by atoms with Crippen molar-refractivity contribution in [1.82, 2.24) is 10.7 Å². The first kappa shape index (κ1) is 18.7. The number of hydrazone groups is 1. The Morgan fingerprint density at radius 2 is 2.25 bits per heavy atom. The summed E-state index contributed by atoms with van der Waals surface area (Å²) >= 11 is 6.27. The van der Waals surface area contributed by atoms with E-state index in [1.165, 1.54) is 0 Å². The zero-order valence-electron chi connectivity index (χ0n) is 13.8. The molecule has 0 saturated heterocycles. The second-order valence-electron chi connectivity index (χ2n) is 5.85. The number of hydrogen-bond donors (Lipinski definition) is 3. The maximum atomic E-state index is 11.1. The SMILES string of the molecule is C[C@H](O)CNCCCCOc1ccc(C2=NNC(=O)CC2)cc1Cl. The van der Waals surface area contributed by atoms with Crippen LogP contribution in [0.1, 0.15) is 38.2 Å². The molecule has 7 heteroatoms. The first-order valence-corrected chi connectivity index (χ1v) is 8.61. The lowest BCUT2D eigenvalue weighted by Crippen LogP contribution is -2.25. The fourth-order valence-corrected chi connectivity index (χ4v) is 2.56. The van der Waals surface area contributed by atoms with Crippen LogP contribution >= 0.6 is 11.6 Å². The van der Waals surface area contributed by atoms with Crippen molar-refractivity contribution >= 4 is 23.2 Å². The van der Waals surface area contributed by atoms with Crippen molar-refractivity contribution in [1.29, 1.82) is 0 Å². The number of benzene rings is 1. The van der Waals surface area contributed by atoms with E-state index in [0.717, 1.165) is 30.7 Å². The van der Waals surface area contributed by atoms with Gasteiger partial charge in [-0.1, -0.05) is 11.6 Å². The summed E-state index contributed by atoms with van der Waals surface area (Å²) in [7, 11) is 0. The number of rotatable bonds is 9. The van der Waals surface area contributed by atoms with Crippen LogP contribution < -0.4 is 15.5 Å². The number of amides is 1. The van der Waals surface area contributed by atoms with Crippen LogP contribution in [0.15, 0.2) is 23.3 Å². The summed E-state index contributed by atoms with van der Waals surface area (Å²) < 4.78 is 5.71. The maximum absolute atomic E-state index is 11.1. The third kappa shape index (κ3) is 6.11. The summed E-state index contributed by atoms with van der Waals surface area (Å²) in [5.41, 5.74) is 4.21. The smallest absolute Gasteiger partial charge is 0.240 e. The van der Waals surface area contributed by atoms with Gasteiger partial charge in [-0.05, 0) is 50.1 Å². The van der Waals surface area contributed by atoms with E-state index in [9.17, 15) is 4.79 Å². The van der Waals surface area contributed by atoms with E-state index < -0.39 is 0 Å². The van der Waals surface area contributed by atoms with Crippen LogP contribution in [-0.2, 0) is 4.79 Å². The number of halogens is 1. The molecule has 132 valence electrons. The molecule has 0 radical (unpaired) electrons. The Balaban J connectivity index is 1.75. The van der Waals surface area contributed by atoms with Gasteiger partial charge in [-0.25, -0.2) is 5.43 Å². The third-order valence-corrected chi connectivity index (χ3v) is 3.91. The number of carbonyl (C=O) groups is 1. The van der Waals surface area contributed by atoms with Crippen molar-refractivity contribution in [2.24, 2.45) is 5.10 Å². The molecule has 0 aromatic heterocycles. The number of aliphatic hydroxyl groups excluding tert-OH is 1. The van der Waals surface area contributed by atoms with Crippen LogP contribution in [0.4, 0.5) is 0 Å². The van der Waals surface area contributed by atoms with Gasteiger partial charge in [0.15, 0.2) is 0 Å². The molecule has 24 heavy (non-hydrogen) atoms. The fourth-order valence-electron chi connectivity index (χ4n) is 2.32. The highest BCUT2D eigenvalue weighted by Crippen LogP contribution is 2.26. The molecular weight excluding hydrogens is 330 g/mol. The van der Waals surface area contributed by atoms with E-state index in [2.05, 4.69) is 15.8 Å². The van der Waals surface area contributed by atoms with Gasteiger partial charge in [-0.2, -0.15) is 5.10 Å². The van der Waals surface area contributed by atoms with Crippen LogP contribution in [0.25, 0.3) is 0 Å². The fraction of sp³-hybridized carbons (Fsp3) is 0.529. The van der Waals surface area contributed by atoms with Gasteiger partial charge in [0.25, 0.3) is 0 Å². The van der Waals surface area contributed by atoms with Crippen molar-refractivity contribution in [2.45, 2.75) is 38.7 Å². The topological polar surface area (TPSA) is 82.9 Å². The molecule has 0 unspecified atom stereocenters. The average molecular weight is 354 g/mol. The number of ether oxygens (including phenoxy) is 1. The molecule has 1 aromatic rings. The Morgan fingerprint density at radius 3 is 2.92 bits per heavy atom. The Morgan fingerprint density at radius 1 is 1.42 bits per heavy atom. The number of nitrogens with one attached hydrogen (secondary N) is 2. The van der Waals surface area contributed by atoms with Crippen molar-refractivity contribution in [3.8, 4) is 5.75 Å². The van der Waals surface area contributed by atoms with E-state index >= 15 is 0 Å². The van der Waals surface area contributed by atoms with Crippen molar-refractivity contribution in [3.63, 3.8) is 0 Å². The Bertz CT molecular complexity index is 590. The summed E-state index contributed by atoms with van der Waals surface area (Å²) in [6.07, 6.45) is 2.61. The van der Waals surface area contributed by atoms with Crippen LogP contribution in [0.2, 0.25) is 5.02 Å². The van der Waals surface area contributed by atoms with Crippen LogP contribution in [0.5, 0.6) is 5.75 Å². The third-order valence-electron chi connectivity index (χ3n) is 3.61. The summed E-state index contributed by atoms with van der Waals surface area (Å²) in [5, 5.41) is 16.9. The molecule has 3 N–H and O–H groups in total. The van der Waals surface area contributed by atoms with Gasteiger partial charge in [0.1, 0.15) is 5.75 Å². The highest BCUT2D eigenvalue weighted by atomic mass is 35.5. The molecule has 1 aliphatic heterocycles. The maximum Gasteiger partial charge on any atom is 0.240 e. The molecule has 1 heterocycles. The molecule has 1 aromatic carbocycles. The second-order valence-corrected chi connectivity index (χ2v) is 6.25. The quantitative estimate of drug-likeness (QED) is 0.594. The second kappa shape index (κ2) is 9.61. The van der Waals surface area contributed by atoms with E-state index in [0.29, 0.717) is 36.8 Å². The molecule has 0 fully saturated rings. The molecule has 0 saturated carbocycles. The van der Waals surface area contributed by atoms with E-state index in [-0.39, 0.29) is 12.0 Å². The first-order chi connectivity index (χ1) is 11.6. The van der Waals surface area contributed by atoms with E-state index in [4.69, 9.17) is 21.4 Å². The highest BCUT2D eigenvalue weighted by Gasteiger charge is 2.14. The molecule has 1 aliphatic rings. The molecule has 0 bridgehead atoms. The molecular formula is C17H24ClN3O3. The van der Waals surface area contributed by atoms with Gasteiger partial charge in [0, 0.05) is 19.4 Å². The van der Waals surface area contributed by atoms with Gasteiger partial charge in [-0.15, -0.1) is 0 Å². The first-order valence-electron chi connectivity index (χ1n) is 8.23. The number of hydrogen-bond acceptors (Lipinski definition) is 5. The summed E-state index contributed by atoms with van der Waals surface area (Å²) in [4.78, 5) is 11.1. The molecule has 2 rings (SSSR count). The van der Waals surface area contributed by atoms with E-state index in [1.807, 2.05) is 18.2 Å². The van der Waals surface area contributed by atoms with Crippen molar-refractivity contribution in [2.75, 3.05) is 19.7 Å². The minimum Gasteiger partial charge on any atom is -0.492 e. The van der Waals surface area contributed by atoms with Crippen molar-refractivity contribution in [3.05, 3.63) is 28.8 Å². The lowest BCUT2D eigenvalue weighted by Gasteiger charge is -2.14. The Kier molecular flexibility index (Phi) is 7.49. The normalized spacial score (nSPS) is 15.6. The van der Waals surface area contributed by atoms with Gasteiger partial charge >= 0.3 is 0 Å². The van der Waals surface area contributed by atoms with Gasteiger partial charge in [0.05, 0.1) is 23.4 Å². The van der Waals surface area contributed by atoms with Crippen LogP contribution in [-0.4, -0.2) is 42.5 Å². The molecule has 1 amide bonds. The highest BCUT2D eigenvalue weighted by molar-refractivity contribution is 6.32. The lowest BCUT2D eigenvalue weighted by atomic mass is 10.0. The van der Waals surface area contributed by atoms with E-state index in [1.54, 1.807) is 6.92 Å². The number of aliphatic hydroxyl groups is 1. The number of unbranched alkanes of at least 4 members (excludes halogenated alkanes) is 1. The number of carbonyl (C=O) groups excluding carboxylic acids is 1. The standard InChI is InChI=1S/C17H24ClN3O3/c1-12(22)11-19-8-2-3-9-24-16-6-4-13(10-14(16)18)15-5-7-17(23)21-20-15/h4,6,10,12,19,22H,2-3,5,7-9,11H2,1H3,(H,21,23)/t12-/m0/s1. The monoisotopic (exact) mass is 353 g/mol. The predicted octanol–water partition coefficient (Wildman–Crippen LogP) is 2.08. The summed E-state index contributed by atoms with van der Waals surface area (Å²) in [6, 6.07) is 5.56. The lowest BCUT2D eigenvalue weighted by molar-refractivity contribution is -0.121. The molecule has 6 nitrogen and oxygen atoms in total. The minimum atomic E-state index is -0.319. The summed E-state index contributed by atoms with van der Waals surface area (Å²) in [5.74, 6) is 0.588. The van der Waals surface area contributed by atoms with Gasteiger partial charge in [0.2, 0.25) is 5.91 Å². The zero-order valence-corrected chi connectivity index (χ0v) is 14.6. The Labute approximate surface area is 147 Å². The number of nitrogens with zero attached hydrogens (tertiary/aromatic N) is 1. The van der Waals surface area contributed by atoms with Crippen molar-refractivity contribution < 1.29 is 14.6 Å². The van der Waals surface area contributed by atoms with Crippen LogP contribution in [0, 0.1) is 0 Å². The molecule has 0 spiro atoms. The Hall–Kier alpha value is -1.63. The summed E-state index contributed by atoms with van der Waals surface area (Å²) in [6.45, 7) is 3.81. The van der Waals surface area contributed by atoms with Gasteiger partial charge < -0.3 is 15.2 Å². The molecule has 0 aliphatic carbocycles. The zero-order chi connectivity index (χ0) is 17.4. The average Bonchev–Trinajstić information content (AvgIpc) is 2.55. The largest absolute Gasteiger partial charge is 0.492 e.